The number of ether oxygens (including phenoxy) is 2. The first-order valence-electron chi connectivity index (χ1n) is 9.05. The van der Waals surface area contributed by atoms with Gasteiger partial charge >= 0.3 is 5.97 Å². The van der Waals surface area contributed by atoms with Crippen LogP contribution in [-0.4, -0.2) is 17.7 Å². The molecule has 28 heavy (non-hydrogen) atoms. The van der Waals surface area contributed by atoms with Crippen molar-refractivity contribution in [2.75, 3.05) is 6.61 Å². The lowest BCUT2D eigenvalue weighted by Gasteiger charge is -2.38. The highest BCUT2D eigenvalue weighted by Crippen LogP contribution is 2.47. The van der Waals surface area contributed by atoms with Gasteiger partial charge in [-0.3, -0.25) is 0 Å². The van der Waals surface area contributed by atoms with Crippen molar-refractivity contribution in [3.05, 3.63) is 75.8 Å². The zero-order chi connectivity index (χ0) is 20.3. The van der Waals surface area contributed by atoms with Gasteiger partial charge in [-0.05, 0) is 55.7 Å². The monoisotopic (exact) mass is 420 g/mol. The molecule has 1 fully saturated rings. The Morgan fingerprint density at radius 2 is 1.86 bits per heavy atom. The molecule has 0 saturated carbocycles. The molecule has 1 heterocycles. The summed E-state index contributed by atoms with van der Waals surface area (Å²) in [6.07, 6.45) is 1.29. The van der Waals surface area contributed by atoms with Crippen LogP contribution in [0.4, 0.5) is 0 Å². The molecular formula is C22H22Cl2O4. The molecule has 0 amide bonds. The number of aliphatic carboxylic acids is 1. The number of benzene rings is 2. The Morgan fingerprint density at radius 1 is 1.18 bits per heavy atom. The predicted octanol–water partition coefficient (Wildman–Crippen LogP) is 6.24. The third-order valence-electron chi connectivity index (χ3n) is 4.92. The maximum absolute atomic E-state index is 11.0. The van der Waals surface area contributed by atoms with E-state index in [0.29, 0.717) is 15.8 Å². The van der Waals surface area contributed by atoms with Gasteiger partial charge in [0.2, 0.25) is 0 Å². The molecule has 1 aliphatic heterocycles. The van der Waals surface area contributed by atoms with E-state index in [4.69, 9.17) is 37.8 Å². The summed E-state index contributed by atoms with van der Waals surface area (Å²) >= 11 is 12.2. The Bertz CT molecular complexity index is 863. The molecule has 0 radical (unpaired) electrons. The van der Waals surface area contributed by atoms with Gasteiger partial charge in [0.15, 0.2) is 6.61 Å². The highest BCUT2D eigenvalue weighted by molar-refractivity contribution is 6.30. The van der Waals surface area contributed by atoms with Crippen molar-refractivity contribution < 1.29 is 19.4 Å². The van der Waals surface area contributed by atoms with Crippen molar-refractivity contribution in [2.24, 2.45) is 5.92 Å². The lowest BCUT2D eigenvalue weighted by atomic mass is 9.82. The minimum atomic E-state index is -1.04. The Labute approximate surface area is 174 Å². The Kier molecular flexibility index (Phi) is 6.65. The third-order valence-corrected chi connectivity index (χ3v) is 5.41. The number of hydrogen-bond acceptors (Lipinski definition) is 3. The van der Waals surface area contributed by atoms with Gasteiger partial charge in [0.1, 0.15) is 5.75 Å². The fraction of sp³-hybridized carbons (Fsp3) is 0.318. The van der Waals surface area contributed by atoms with E-state index in [1.807, 2.05) is 31.2 Å². The molecule has 3 rings (SSSR count). The summed E-state index contributed by atoms with van der Waals surface area (Å²) in [5.74, 6) is -0.505. The first-order chi connectivity index (χ1) is 13.3. The van der Waals surface area contributed by atoms with E-state index < -0.39 is 12.6 Å². The Morgan fingerprint density at radius 3 is 2.50 bits per heavy atom. The van der Waals surface area contributed by atoms with E-state index in [9.17, 15) is 4.79 Å². The summed E-state index contributed by atoms with van der Waals surface area (Å²) in [7, 11) is 0. The summed E-state index contributed by atoms with van der Waals surface area (Å²) in [5.41, 5.74) is 2.79. The second-order valence-electron chi connectivity index (χ2n) is 6.99. The lowest BCUT2D eigenvalue weighted by Crippen LogP contribution is -2.26. The molecule has 1 aliphatic rings. The van der Waals surface area contributed by atoms with Gasteiger partial charge in [-0.25, -0.2) is 4.79 Å². The summed E-state index contributed by atoms with van der Waals surface area (Å²) in [6, 6.07) is 12.8. The fourth-order valence-electron chi connectivity index (χ4n) is 3.55. The van der Waals surface area contributed by atoms with Gasteiger partial charge in [0.25, 0.3) is 0 Å². The summed E-state index contributed by atoms with van der Waals surface area (Å²) in [4.78, 5) is 11.0. The first-order valence-corrected chi connectivity index (χ1v) is 9.81. The van der Waals surface area contributed by atoms with Crippen LogP contribution >= 0.6 is 23.2 Å². The van der Waals surface area contributed by atoms with Crippen LogP contribution in [0.3, 0.4) is 0 Å². The van der Waals surface area contributed by atoms with Gasteiger partial charge in [0, 0.05) is 21.5 Å². The van der Waals surface area contributed by atoms with Crippen molar-refractivity contribution >= 4 is 29.2 Å². The first kappa shape index (κ1) is 20.7. The number of halogens is 2. The number of hydrogen-bond donors (Lipinski definition) is 1. The van der Waals surface area contributed by atoms with E-state index in [1.54, 1.807) is 18.2 Å². The standard InChI is InChI=1S/C22H22Cl2O4/c1-13(2)17-8-10-19(14-3-5-15(23)6-4-14)28-22(17)18-11-16(24)7-9-20(18)27-12-21(25)26/h3-7,9,11,17,19,22H,1,8,10,12H2,2H3,(H,25,26)/t17-,19-,22+/m0/s1. The van der Waals surface area contributed by atoms with E-state index in [-0.39, 0.29) is 18.1 Å². The molecule has 0 bridgehead atoms. The van der Waals surface area contributed by atoms with Crippen molar-refractivity contribution in [3.63, 3.8) is 0 Å². The SMILES string of the molecule is C=C(C)[C@@H]1CC[C@@H](c2ccc(Cl)cc2)O[C@H]1c1cc(Cl)ccc1OCC(=O)O. The van der Waals surface area contributed by atoms with Crippen LogP contribution in [0, 0.1) is 5.92 Å². The van der Waals surface area contributed by atoms with Crippen molar-refractivity contribution in [3.8, 4) is 5.75 Å². The van der Waals surface area contributed by atoms with E-state index in [0.717, 1.165) is 29.5 Å². The molecule has 0 aliphatic carbocycles. The van der Waals surface area contributed by atoms with Crippen molar-refractivity contribution in [2.45, 2.75) is 32.0 Å². The number of rotatable bonds is 6. The fourth-order valence-corrected chi connectivity index (χ4v) is 3.86. The molecule has 2 aromatic rings. The number of carboxylic acid groups (broad SMARTS) is 1. The van der Waals surface area contributed by atoms with Crippen LogP contribution in [0.2, 0.25) is 10.0 Å². The third kappa shape index (κ3) is 4.88. The topological polar surface area (TPSA) is 55.8 Å². The molecule has 0 spiro atoms. The van der Waals surface area contributed by atoms with Gasteiger partial charge < -0.3 is 14.6 Å². The van der Waals surface area contributed by atoms with Crippen LogP contribution in [0.1, 0.15) is 43.1 Å². The van der Waals surface area contributed by atoms with Crippen molar-refractivity contribution in [1.82, 2.24) is 0 Å². The van der Waals surface area contributed by atoms with Crippen LogP contribution in [0.5, 0.6) is 5.75 Å². The van der Waals surface area contributed by atoms with E-state index in [1.165, 1.54) is 0 Å². The molecule has 0 unspecified atom stereocenters. The molecule has 6 heteroatoms. The minimum Gasteiger partial charge on any atom is -0.482 e. The van der Waals surface area contributed by atoms with Gasteiger partial charge in [0.05, 0.1) is 12.2 Å². The van der Waals surface area contributed by atoms with Gasteiger partial charge in [-0.2, -0.15) is 0 Å². The van der Waals surface area contributed by atoms with Crippen LogP contribution in [-0.2, 0) is 9.53 Å². The highest BCUT2D eigenvalue weighted by Gasteiger charge is 2.35. The Hall–Kier alpha value is -2.01. The van der Waals surface area contributed by atoms with Crippen LogP contribution in [0.15, 0.2) is 54.6 Å². The average molecular weight is 421 g/mol. The maximum Gasteiger partial charge on any atom is 0.341 e. The predicted molar refractivity (Wildman–Crippen MR) is 110 cm³/mol. The Balaban J connectivity index is 1.95. The summed E-state index contributed by atoms with van der Waals surface area (Å²) in [6.45, 7) is 5.67. The smallest absolute Gasteiger partial charge is 0.341 e. The molecule has 148 valence electrons. The molecule has 2 aromatic carbocycles. The van der Waals surface area contributed by atoms with Crippen molar-refractivity contribution in [1.29, 1.82) is 0 Å². The zero-order valence-corrected chi connectivity index (χ0v) is 17.0. The van der Waals surface area contributed by atoms with Crippen LogP contribution in [0.25, 0.3) is 0 Å². The molecule has 0 aromatic heterocycles. The average Bonchev–Trinajstić information content (AvgIpc) is 2.67. The number of carbonyl (C=O) groups is 1. The lowest BCUT2D eigenvalue weighted by molar-refractivity contribution is -0.139. The van der Waals surface area contributed by atoms with Gasteiger partial charge in [-0.1, -0.05) is 47.5 Å². The zero-order valence-electron chi connectivity index (χ0n) is 15.5. The summed E-state index contributed by atoms with van der Waals surface area (Å²) in [5, 5.41) is 10.2. The highest BCUT2D eigenvalue weighted by atomic mass is 35.5. The molecule has 1 saturated heterocycles. The molecule has 3 atom stereocenters. The largest absolute Gasteiger partial charge is 0.482 e. The second-order valence-corrected chi connectivity index (χ2v) is 7.86. The summed E-state index contributed by atoms with van der Waals surface area (Å²) < 4.78 is 12.0. The quantitative estimate of drug-likeness (QED) is 0.561. The van der Waals surface area contributed by atoms with Gasteiger partial charge in [-0.15, -0.1) is 0 Å². The van der Waals surface area contributed by atoms with Crippen LogP contribution < -0.4 is 4.74 Å². The molecule has 1 N–H and O–H groups in total. The van der Waals surface area contributed by atoms with E-state index in [2.05, 4.69) is 6.58 Å². The molecular weight excluding hydrogens is 399 g/mol. The van der Waals surface area contributed by atoms with E-state index >= 15 is 0 Å². The normalized spacial score (nSPS) is 21.9. The second kappa shape index (κ2) is 8.99. The minimum absolute atomic E-state index is 0.0780. The maximum atomic E-state index is 11.0. The number of carboxylic acids is 1. The molecule has 4 nitrogen and oxygen atoms in total.